The Balaban J connectivity index is 1.88. The first-order valence-corrected chi connectivity index (χ1v) is 8.40. The van der Waals surface area contributed by atoms with Gasteiger partial charge in [0.25, 0.3) is 5.91 Å². The van der Waals surface area contributed by atoms with Gasteiger partial charge in [0.1, 0.15) is 17.1 Å². The van der Waals surface area contributed by atoms with Crippen LogP contribution in [0.1, 0.15) is 23.2 Å². The number of methoxy groups -OCH3 is 2. The largest absolute Gasteiger partial charge is 0.496 e. The Bertz CT molecular complexity index is 576. The predicted octanol–water partition coefficient (Wildman–Crippen LogP) is 1.64. The Morgan fingerprint density at radius 2 is 1.75 bits per heavy atom. The van der Waals surface area contributed by atoms with Crippen LogP contribution in [0.2, 0.25) is 0 Å². The third-order valence-electron chi connectivity index (χ3n) is 5.35. The maximum absolute atomic E-state index is 13.2. The number of amides is 1. The van der Waals surface area contributed by atoms with Crippen LogP contribution in [0.4, 0.5) is 0 Å². The van der Waals surface area contributed by atoms with Gasteiger partial charge in [0.2, 0.25) is 0 Å². The highest BCUT2D eigenvalue weighted by Crippen LogP contribution is 2.34. The lowest BCUT2D eigenvalue weighted by molar-refractivity contribution is -0.0544. The number of piperazine rings is 1. The molecule has 0 aliphatic carbocycles. The first-order chi connectivity index (χ1) is 11.6. The second-order valence-electron chi connectivity index (χ2n) is 6.52. The summed E-state index contributed by atoms with van der Waals surface area (Å²) in [7, 11) is 5.31. The van der Waals surface area contributed by atoms with E-state index in [1.54, 1.807) is 26.4 Å². The number of rotatable bonds is 3. The van der Waals surface area contributed by atoms with Crippen LogP contribution in [0, 0.1) is 0 Å². The number of carbonyl (C=O) groups excluding carboxylic acids is 1. The quantitative estimate of drug-likeness (QED) is 0.841. The lowest BCUT2D eigenvalue weighted by atomic mass is 9.85. The molecule has 2 fully saturated rings. The molecule has 0 N–H and O–H groups in total. The Labute approximate surface area is 143 Å². The fourth-order valence-corrected chi connectivity index (χ4v) is 3.75. The molecule has 132 valence electrons. The van der Waals surface area contributed by atoms with E-state index in [4.69, 9.17) is 14.2 Å². The van der Waals surface area contributed by atoms with Crippen LogP contribution in [0.15, 0.2) is 18.2 Å². The summed E-state index contributed by atoms with van der Waals surface area (Å²) < 4.78 is 16.3. The van der Waals surface area contributed by atoms with E-state index in [2.05, 4.69) is 11.9 Å². The Morgan fingerprint density at radius 3 is 2.33 bits per heavy atom. The van der Waals surface area contributed by atoms with Crippen molar-refractivity contribution in [1.29, 1.82) is 0 Å². The summed E-state index contributed by atoms with van der Waals surface area (Å²) in [4.78, 5) is 17.5. The van der Waals surface area contributed by atoms with E-state index < -0.39 is 0 Å². The predicted molar refractivity (Wildman–Crippen MR) is 90.9 cm³/mol. The lowest BCUT2D eigenvalue weighted by Gasteiger charge is -2.51. The second kappa shape index (κ2) is 6.99. The summed E-state index contributed by atoms with van der Waals surface area (Å²) >= 11 is 0. The average Bonchev–Trinajstić information content (AvgIpc) is 2.63. The molecule has 1 aromatic rings. The maximum Gasteiger partial charge on any atom is 0.261 e. The number of ether oxygens (including phenoxy) is 3. The van der Waals surface area contributed by atoms with Crippen molar-refractivity contribution in [2.75, 3.05) is 54.1 Å². The van der Waals surface area contributed by atoms with Crippen LogP contribution in [0.3, 0.4) is 0 Å². The standard InChI is InChI=1S/C18H26N2O4/c1-19-9-10-20(13-18(19)7-11-24-12-8-18)17(21)16-14(22-2)5-4-6-15(16)23-3/h4-6H,7-13H2,1-3H3. The summed E-state index contributed by atoms with van der Waals surface area (Å²) in [5, 5.41) is 0. The number of carbonyl (C=O) groups is 1. The van der Waals surface area contributed by atoms with Crippen molar-refractivity contribution >= 4 is 5.91 Å². The summed E-state index contributed by atoms with van der Waals surface area (Å²) in [6.07, 6.45) is 1.91. The van der Waals surface area contributed by atoms with Gasteiger partial charge in [0, 0.05) is 38.4 Å². The van der Waals surface area contributed by atoms with Gasteiger partial charge in [-0.1, -0.05) is 6.07 Å². The third-order valence-corrected chi connectivity index (χ3v) is 5.35. The Morgan fingerprint density at radius 1 is 1.12 bits per heavy atom. The molecule has 1 aromatic carbocycles. The molecule has 0 saturated carbocycles. The molecule has 0 unspecified atom stereocenters. The van der Waals surface area contributed by atoms with Gasteiger partial charge in [-0.3, -0.25) is 9.69 Å². The fraction of sp³-hybridized carbons (Fsp3) is 0.611. The van der Waals surface area contributed by atoms with E-state index in [0.29, 0.717) is 30.2 Å². The topological polar surface area (TPSA) is 51.2 Å². The van der Waals surface area contributed by atoms with E-state index in [9.17, 15) is 4.79 Å². The molecule has 3 rings (SSSR count). The Hall–Kier alpha value is -1.79. The van der Waals surface area contributed by atoms with Crippen LogP contribution in [0.25, 0.3) is 0 Å². The minimum atomic E-state index is -0.0248. The first-order valence-electron chi connectivity index (χ1n) is 8.40. The highest BCUT2D eigenvalue weighted by molar-refractivity contribution is 5.99. The summed E-state index contributed by atoms with van der Waals surface area (Å²) in [5.74, 6) is 1.09. The molecule has 0 radical (unpaired) electrons. The molecule has 2 heterocycles. The molecular formula is C18H26N2O4. The van der Waals surface area contributed by atoms with E-state index in [1.165, 1.54) is 0 Å². The van der Waals surface area contributed by atoms with Gasteiger partial charge in [-0.25, -0.2) is 0 Å². The van der Waals surface area contributed by atoms with Crippen molar-refractivity contribution in [1.82, 2.24) is 9.80 Å². The number of likely N-dealkylation sites (N-methyl/N-ethyl adjacent to an activating group) is 1. The van der Waals surface area contributed by atoms with E-state index >= 15 is 0 Å². The maximum atomic E-state index is 13.2. The van der Waals surface area contributed by atoms with Gasteiger partial charge in [0.15, 0.2) is 0 Å². The molecule has 1 amide bonds. The van der Waals surface area contributed by atoms with E-state index in [-0.39, 0.29) is 11.4 Å². The Kier molecular flexibility index (Phi) is 4.96. The zero-order chi connectivity index (χ0) is 17.2. The minimum Gasteiger partial charge on any atom is -0.496 e. The number of nitrogens with zero attached hydrogens (tertiary/aromatic N) is 2. The summed E-state index contributed by atoms with van der Waals surface area (Å²) in [6, 6.07) is 5.43. The van der Waals surface area contributed by atoms with Gasteiger partial charge in [-0.2, -0.15) is 0 Å². The van der Waals surface area contributed by atoms with Crippen LogP contribution in [0.5, 0.6) is 11.5 Å². The third kappa shape index (κ3) is 2.96. The molecule has 0 bridgehead atoms. The van der Waals surface area contributed by atoms with Gasteiger partial charge in [-0.05, 0) is 32.0 Å². The van der Waals surface area contributed by atoms with Gasteiger partial charge < -0.3 is 19.1 Å². The van der Waals surface area contributed by atoms with Gasteiger partial charge in [0.05, 0.1) is 14.2 Å². The van der Waals surface area contributed by atoms with Crippen molar-refractivity contribution in [2.24, 2.45) is 0 Å². The summed E-state index contributed by atoms with van der Waals surface area (Å²) in [6.45, 7) is 3.80. The van der Waals surface area contributed by atoms with E-state index in [0.717, 1.165) is 32.6 Å². The van der Waals surface area contributed by atoms with Crippen molar-refractivity contribution in [2.45, 2.75) is 18.4 Å². The van der Waals surface area contributed by atoms with E-state index in [1.807, 2.05) is 11.0 Å². The highest BCUT2D eigenvalue weighted by atomic mass is 16.5. The normalized spacial score (nSPS) is 20.9. The second-order valence-corrected chi connectivity index (χ2v) is 6.52. The van der Waals surface area contributed by atoms with Crippen LogP contribution in [-0.2, 0) is 4.74 Å². The lowest BCUT2D eigenvalue weighted by Crippen LogP contribution is -2.63. The number of hydrogen-bond donors (Lipinski definition) is 0. The molecular weight excluding hydrogens is 308 g/mol. The molecule has 6 heteroatoms. The molecule has 24 heavy (non-hydrogen) atoms. The smallest absolute Gasteiger partial charge is 0.261 e. The number of hydrogen-bond acceptors (Lipinski definition) is 5. The zero-order valence-electron chi connectivity index (χ0n) is 14.7. The van der Waals surface area contributed by atoms with Crippen molar-refractivity contribution in [3.05, 3.63) is 23.8 Å². The molecule has 0 atom stereocenters. The fourth-order valence-electron chi connectivity index (χ4n) is 3.75. The first kappa shape index (κ1) is 17.0. The number of benzene rings is 1. The molecule has 1 spiro atoms. The van der Waals surface area contributed by atoms with Crippen molar-refractivity contribution < 1.29 is 19.0 Å². The summed E-state index contributed by atoms with van der Waals surface area (Å²) in [5.41, 5.74) is 0.524. The van der Waals surface area contributed by atoms with Gasteiger partial charge in [-0.15, -0.1) is 0 Å². The highest BCUT2D eigenvalue weighted by Gasteiger charge is 2.43. The van der Waals surface area contributed by atoms with Crippen molar-refractivity contribution in [3.63, 3.8) is 0 Å². The van der Waals surface area contributed by atoms with Crippen LogP contribution < -0.4 is 9.47 Å². The monoisotopic (exact) mass is 334 g/mol. The van der Waals surface area contributed by atoms with Crippen LogP contribution in [-0.4, -0.2) is 75.4 Å². The molecule has 6 nitrogen and oxygen atoms in total. The minimum absolute atomic E-state index is 0.0153. The SMILES string of the molecule is COc1cccc(OC)c1C(=O)N1CCN(C)C2(CCOCC2)C1. The van der Waals surface area contributed by atoms with Gasteiger partial charge >= 0.3 is 0 Å². The van der Waals surface area contributed by atoms with Crippen molar-refractivity contribution in [3.8, 4) is 11.5 Å². The zero-order valence-corrected chi connectivity index (χ0v) is 14.7. The molecule has 2 aliphatic rings. The molecule has 2 saturated heterocycles. The molecule has 0 aromatic heterocycles. The molecule has 2 aliphatic heterocycles. The average molecular weight is 334 g/mol. The van der Waals surface area contributed by atoms with Crippen LogP contribution >= 0.6 is 0 Å².